The van der Waals surface area contributed by atoms with Crippen LogP contribution in [-0.2, 0) is 0 Å². The van der Waals surface area contributed by atoms with Gasteiger partial charge in [-0.3, -0.25) is 0 Å². The number of benzene rings is 1. The minimum atomic E-state index is -0.00740. The minimum Gasteiger partial charge on any atom is -0.493 e. The number of nitrogens with one attached hydrogen (secondary N) is 1. The molecule has 1 N–H and O–H groups in total. The first-order chi connectivity index (χ1) is 12.1. The molecule has 0 amide bonds. The van der Waals surface area contributed by atoms with Gasteiger partial charge in [-0.05, 0) is 37.6 Å². The Bertz CT molecular complexity index is 869. The zero-order chi connectivity index (χ0) is 18.0. The highest BCUT2D eigenvalue weighted by Crippen LogP contribution is 2.40. The maximum atomic E-state index is 5.44. The summed E-state index contributed by atoms with van der Waals surface area (Å²) in [4.78, 5) is 10.9. The van der Waals surface area contributed by atoms with Crippen molar-refractivity contribution in [2.24, 2.45) is 0 Å². The van der Waals surface area contributed by atoms with E-state index >= 15 is 0 Å². The second kappa shape index (κ2) is 7.14. The fourth-order valence-electron chi connectivity index (χ4n) is 2.73. The first-order valence-corrected chi connectivity index (χ1v) is 8.66. The van der Waals surface area contributed by atoms with Crippen LogP contribution in [0.4, 0.5) is 5.82 Å². The van der Waals surface area contributed by atoms with Crippen molar-refractivity contribution < 1.29 is 14.2 Å². The lowest BCUT2D eigenvalue weighted by Gasteiger charge is -2.19. The van der Waals surface area contributed by atoms with Gasteiger partial charge < -0.3 is 19.5 Å². The van der Waals surface area contributed by atoms with E-state index in [-0.39, 0.29) is 6.04 Å². The monoisotopic (exact) mass is 359 g/mol. The Hall–Kier alpha value is -2.54. The molecule has 2 heterocycles. The Morgan fingerprint density at radius 3 is 2.28 bits per heavy atom. The fraction of sp³-hybridized carbons (Fsp3) is 0.333. The van der Waals surface area contributed by atoms with E-state index in [1.165, 1.54) is 4.88 Å². The highest BCUT2D eigenvalue weighted by Gasteiger charge is 2.17. The van der Waals surface area contributed by atoms with Crippen molar-refractivity contribution in [3.8, 4) is 17.2 Å². The number of rotatable bonds is 6. The van der Waals surface area contributed by atoms with Crippen molar-refractivity contribution in [1.29, 1.82) is 0 Å². The van der Waals surface area contributed by atoms with E-state index in [9.17, 15) is 0 Å². The Kier molecular flexibility index (Phi) is 4.94. The van der Waals surface area contributed by atoms with Gasteiger partial charge in [-0.25, -0.2) is 9.97 Å². The fourth-order valence-corrected chi connectivity index (χ4v) is 3.58. The van der Waals surface area contributed by atoms with Gasteiger partial charge in [0.1, 0.15) is 17.0 Å². The SMILES string of the molecule is COc1cc(C(C)Nc2ncnc3sc(C)cc23)cc(OC)c1OC. The van der Waals surface area contributed by atoms with Gasteiger partial charge in [0.25, 0.3) is 0 Å². The number of anilines is 1. The van der Waals surface area contributed by atoms with Crippen LogP contribution in [0.3, 0.4) is 0 Å². The summed E-state index contributed by atoms with van der Waals surface area (Å²) in [6.07, 6.45) is 1.59. The molecule has 0 aliphatic rings. The number of methoxy groups -OCH3 is 3. The minimum absolute atomic E-state index is 0.00740. The first kappa shape index (κ1) is 17.3. The summed E-state index contributed by atoms with van der Waals surface area (Å²) >= 11 is 1.66. The van der Waals surface area contributed by atoms with Crippen molar-refractivity contribution in [1.82, 2.24) is 9.97 Å². The van der Waals surface area contributed by atoms with E-state index in [2.05, 4.69) is 35.2 Å². The molecule has 2 aromatic heterocycles. The van der Waals surface area contributed by atoms with Crippen LogP contribution in [0, 0.1) is 6.92 Å². The topological polar surface area (TPSA) is 65.5 Å². The van der Waals surface area contributed by atoms with E-state index in [1.807, 2.05) is 12.1 Å². The molecule has 3 aromatic rings. The van der Waals surface area contributed by atoms with E-state index < -0.39 is 0 Å². The van der Waals surface area contributed by atoms with Crippen LogP contribution < -0.4 is 19.5 Å². The van der Waals surface area contributed by atoms with E-state index in [0.717, 1.165) is 21.6 Å². The Morgan fingerprint density at radius 1 is 1.00 bits per heavy atom. The molecule has 0 saturated heterocycles. The Labute approximate surface area is 150 Å². The third kappa shape index (κ3) is 3.32. The highest BCUT2D eigenvalue weighted by molar-refractivity contribution is 7.18. The van der Waals surface area contributed by atoms with Gasteiger partial charge in [0.05, 0.1) is 32.8 Å². The molecule has 25 heavy (non-hydrogen) atoms. The molecule has 6 nitrogen and oxygen atoms in total. The maximum Gasteiger partial charge on any atom is 0.203 e. The number of ether oxygens (including phenoxy) is 3. The summed E-state index contributed by atoms with van der Waals surface area (Å²) in [6, 6.07) is 5.98. The smallest absolute Gasteiger partial charge is 0.203 e. The molecule has 3 rings (SSSR count). The van der Waals surface area contributed by atoms with Crippen molar-refractivity contribution in [2.75, 3.05) is 26.6 Å². The summed E-state index contributed by atoms with van der Waals surface area (Å²) < 4.78 is 16.3. The molecule has 0 radical (unpaired) electrons. The summed E-state index contributed by atoms with van der Waals surface area (Å²) in [7, 11) is 4.82. The molecule has 1 unspecified atom stereocenters. The molecule has 0 bridgehead atoms. The van der Waals surface area contributed by atoms with E-state index in [0.29, 0.717) is 17.2 Å². The van der Waals surface area contributed by atoms with E-state index in [1.54, 1.807) is 39.0 Å². The number of fused-ring (bicyclic) bond motifs is 1. The molecule has 0 fully saturated rings. The molecule has 7 heteroatoms. The lowest BCUT2D eigenvalue weighted by molar-refractivity contribution is 0.323. The average Bonchev–Trinajstić information content (AvgIpc) is 3.01. The second-order valence-electron chi connectivity index (χ2n) is 5.62. The van der Waals surface area contributed by atoms with Gasteiger partial charge in [-0.15, -0.1) is 11.3 Å². The Morgan fingerprint density at radius 2 is 1.68 bits per heavy atom. The third-order valence-corrected chi connectivity index (χ3v) is 4.95. The van der Waals surface area contributed by atoms with Crippen LogP contribution in [0.2, 0.25) is 0 Å². The number of aromatic nitrogens is 2. The zero-order valence-corrected chi connectivity index (χ0v) is 15.7. The van der Waals surface area contributed by atoms with Gasteiger partial charge in [-0.2, -0.15) is 0 Å². The van der Waals surface area contributed by atoms with Crippen LogP contribution in [0.25, 0.3) is 10.2 Å². The van der Waals surface area contributed by atoms with Crippen LogP contribution in [-0.4, -0.2) is 31.3 Å². The highest BCUT2D eigenvalue weighted by atomic mass is 32.1. The molecule has 1 atom stereocenters. The van der Waals surface area contributed by atoms with Crippen molar-refractivity contribution in [3.63, 3.8) is 0 Å². The number of hydrogen-bond donors (Lipinski definition) is 1. The molecule has 0 aliphatic heterocycles. The average molecular weight is 359 g/mol. The lowest BCUT2D eigenvalue weighted by Crippen LogP contribution is -2.09. The summed E-state index contributed by atoms with van der Waals surface area (Å²) in [5.74, 6) is 2.66. The zero-order valence-electron chi connectivity index (χ0n) is 14.9. The molecular weight excluding hydrogens is 338 g/mol. The molecular formula is C18H21N3O3S. The largest absolute Gasteiger partial charge is 0.493 e. The van der Waals surface area contributed by atoms with Crippen LogP contribution in [0.5, 0.6) is 17.2 Å². The lowest BCUT2D eigenvalue weighted by atomic mass is 10.1. The van der Waals surface area contributed by atoms with Crippen LogP contribution in [0.15, 0.2) is 24.5 Å². The van der Waals surface area contributed by atoms with Crippen LogP contribution in [0.1, 0.15) is 23.4 Å². The number of thiophene rings is 1. The standard InChI is InChI=1S/C18H21N3O3S/c1-10-6-13-17(19-9-20-18(13)25-10)21-11(2)12-7-14(22-3)16(24-5)15(8-12)23-4/h6-9,11H,1-5H3,(H,19,20,21). The van der Waals surface area contributed by atoms with Gasteiger partial charge in [-0.1, -0.05) is 0 Å². The normalized spacial score (nSPS) is 12.0. The van der Waals surface area contributed by atoms with Crippen LogP contribution >= 0.6 is 11.3 Å². The van der Waals surface area contributed by atoms with Crippen molar-refractivity contribution >= 4 is 27.4 Å². The predicted molar refractivity (Wildman–Crippen MR) is 100 cm³/mol. The van der Waals surface area contributed by atoms with Gasteiger partial charge in [0.2, 0.25) is 5.75 Å². The summed E-state index contributed by atoms with van der Waals surface area (Å²) in [6.45, 7) is 4.13. The molecule has 0 saturated carbocycles. The van der Waals surface area contributed by atoms with Crippen molar-refractivity contribution in [3.05, 3.63) is 35.0 Å². The molecule has 0 spiro atoms. The summed E-state index contributed by atoms with van der Waals surface area (Å²) in [5.41, 5.74) is 1.01. The molecule has 132 valence electrons. The number of aryl methyl sites for hydroxylation is 1. The summed E-state index contributed by atoms with van der Waals surface area (Å²) in [5, 5.41) is 4.49. The molecule has 0 aliphatic carbocycles. The van der Waals surface area contributed by atoms with Crippen molar-refractivity contribution in [2.45, 2.75) is 19.9 Å². The van der Waals surface area contributed by atoms with Gasteiger partial charge >= 0.3 is 0 Å². The molecule has 1 aromatic carbocycles. The van der Waals surface area contributed by atoms with Gasteiger partial charge in [0.15, 0.2) is 11.5 Å². The number of hydrogen-bond acceptors (Lipinski definition) is 7. The number of nitrogens with zero attached hydrogens (tertiary/aromatic N) is 2. The second-order valence-corrected chi connectivity index (χ2v) is 6.86. The Balaban J connectivity index is 1.96. The van der Waals surface area contributed by atoms with E-state index in [4.69, 9.17) is 14.2 Å². The van der Waals surface area contributed by atoms with Gasteiger partial charge in [0, 0.05) is 4.88 Å². The quantitative estimate of drug-likeness (QED) is 0.712. The predicted octanol–water partition coefficient (Wildman–Crippen LogP) is 4.20. The first-order valence-electron chi connectivity index (χ1n) is 7.85. The third-order valence-electron chi connectivity index (χ3n) is 3.99. The maximum absolute atomic E-state index is 5.44.